The molecule has 0 aromatic carbocycles. The van der Waals surface area contributed by atoms with Crippen LogP contribution in [0.15, 0.2) is 0 Å². The number of nitrogens with one attached hydrogen (secondary N) is 1. The molecule has 60 valence electrons. The summed E-state index contributed by atoms with van der Waals surface area (Å²) in [4.78, 5) is 10.8. The number of nitrogens with two attached hydrogens (primary N) is 1. The van der Waals surface area contributed by atoms with E-state index < -0.39 is 6.04 Å². The van der Waals surface area contributed by atoms with Crippen molar-refractivity contribution in [2.24, 2.45) is 11.7 Å². The van der Waals surface area contributed by atoms with Crippen molar-refractivity contribution < 1.29 is 4.79 Å². The third kappa shape index (κ3) is 4.32. The third-order valence-electron chi connectivity index (χ3n) is 1.10. The normalized spacial score (nSPS) is 13.3. The van der Waals surface area contributed by atoms with Crippen molar-refractivity contribution in [3.05, 3.63) is 0 Å². The third-order valence-corrected chi connectivity index (χ3v) is 1.10. The molecule has 0 rings (SSSR count). The lowest BCUT2D eigenvalue weighted by atomic mass is 10.2. The summed E-state index contributed by atoms with van der Waals surface area (Å²) in [5.41, 5.74) is 5.31. The van der Waals surface area contributed by atoms with Gasteiger partial charge in [0.25, 0.3) is 0 Å². The summed E-state index contributed by atoms with van der Waals surface area (Å²) in [6.45, 7) is 6.47. The molecule has 10 heavy (non-hydrogen) atoms. The highest BCUT2D eigenvalue weighted by atomic mass is 16.2. The molecule has 0 aromatic heterocycles. The van der Waals surface area contributed by atoms with Crippen molar-refractivity contribution in [2.75, 3.05) is 6.54 Å². The van der Waals surface area contributed by atoms with Crippen LogP contribution in [0.5, 0.6) is 0 Å². The standard InChI is InChI=1S/C7H16N2O/c1-5(2)4-9-7(10)6(3)8/h5-6H,4,8H2,1-3H3,(H,9,10)/t6-/m1/s1. The Morgan fingerprint density at radius 1 is 1.50 bits per heavy atom. The van der Waals surface area contributed by atoms with Crippen LogP contribution in [0.3, 0.4) is 0 Å². The van der Waals surface area contributed by atoms with Gasteiger partial charge in [-0.2, -0.15) is 0 Å². The van der Waals surface area contributed by atoms with Crippen LogP contribution in [-0.4, -0.2) is 18.5 Å². The largest absolute Gasteiger partial charge is 0.355 e. The first-order valence-corrected chi connectivity index (χ1v) is 3.57. The summed E-state index contributed by atoms with van der Waals surface area (Å²) in [6, 6.07) is -0.390. The fourth-order valence-corrected chi connectivity index (χ4v) is 0.466. The maximum absolute atomic E-state index is 10.8. The van der Waals surface area contributed by atoms with E-state index in [0.717, 1.165) is 0 Å². The Labute approximate surface area is 62.0 Å². The molecule has 1 amide bonds. The summed E-state index contributed by atoms with van der Waals surface area (Å²) < 4.78 is 0. The van der Waals surface area contributed by atoms with Gasteiger partial charge in [-0.3, -0.25) is 4.79 Å². The summed E-state index contributed by atoms with van der Waals surface area (Å²) in [7, 11) is 0. The summed E-state index contributed by atoms with van der Waals surface area (Å²) in [5.74, 6) is 0.413. The van der Waals surface area contributed by atoms with Crippen LogP contribution in [0.2, 0.25) is 0 Å². The zero-order chi connectivity index (χ0) is 8.15. The lowest BCUT2D eigenvalue weighted by Crippen LogP contribution is -2.39. The van der Waals surface area contributed by atoms with Gasteiger partial charge in [-0.1, -0.05) is 13.8 Å². The van der Waals surface area contributed by atoms with E-state index in [1.54, 1.807) is 6.92 Å². The monoisotopic (exact) mass is 144 g/mol. The summed E-state index contributed by atoms with van der Waals surface area (Å²) >= 11 is 0. The Balaban J connectivity index is 3.40. The molecule has 0 unspecified atom stereocenters. The first-order valence-electron chi connectivity index (χ1n) is 3.57. The quantitative estimate of drug-likeness (QED) is 0.590. The van der Waals surface area contributed by atoms with Crippen LogP contribution in [0.1, 0.15) is 20.8 Å². The Morgan fingerprint density at radius 3 is 2.30 bits per heavy atom. The predicted octanol–water partition coefficient (Wildman–Crippen LogP) is 0.106. The summed E-state index contributed by atoms with van der Waals surface area (Å²) in [5, 5.41) is 2.72. The second-order valence-electron chi connectivity index (χ2n) is 2.93. The molecule has 3 heteroatoms. The zero-order valence-electron chi connectivity index (χ0n) is 6.85. The fourth-order valence-electron chi connectivity index (χ4n) is 0.466. The zero-order valence-corrected chi connectivity index (χ0v) is 6.85. The van der Waals surface area contributed by atoms with E-state index in [4.69, 9.17) is 5.73 Å². The van der Waals surface area contributed by atoms with Gasteiger partial charge in [0.05, 0.1) is 6.04 Å². The first kappa shape index (κ1) is 9.43. The highest BCUT2D eigenvalue weighted by Gasteiger charge is 2.05. The number of amides is 1. The second-order valence-corrected chi connectivity index (χ2v) is 2.93. The molecule has 0 radical (unpaired) electrons. The minimum atomic E-state index is -0.390. The van der Waals surface area contributed by atoms with Crippen LogP contribution in [-0.2, 0) is 4.79 Å². The van der Waals surface area contributed by atoms with E-state index in [2.05, 4.69) is 5.32 Å². The van der Waals surface area contributed by atoms with Crippen molar-refractivity contribution in [3.8, 4) is 0 Å². The maximum atomic E-state index is 10.8. The van der Waals surface area contributed by atoms with Gasteiger partial charge in [0.15, 0.2) is 0 Å². The highest BCUT2D eigenvalue weighted by molar-refractivity contribution is 5.80. The molecular weight excluding hydrogens is 128 g/mol. The lowest BCUT2D eigenvalue weighted by Gasteiger charge is -2.08. The van der Waals surface area contributed by atoms with Crippen molar-refractivity contribution in [3.63, 3.8) is 0 Å². The van der Waals surface area contributed by atoms with Crippen LogP contribution in [0.4, 0.5) is 0 Å². The van der Waals surface area contributed by atoms with Crippen LogP contribution >= 0.6 is 0 Å². The Morgan fingerprint density at radius 2 is 2.00 bits per heavy atom. The predicted molar refractivity (Wildman–Crippen MR) is 41.5 cm³/mol. The van der Waals surface area contributed by atoms with Crippen LogP contribution in [0.25, 0.3) is 0 Å². The van der Waals surface area contributed by atoms with Gasteiger partial charge < -0.3 is 11.1 Å². The molecule has 0 saturated heterocycles. The first-order chi connectivity index (χ1) is 4.54. The summed E-state index contributed by atoms with van der Waals surface area (Å²) in [6.07, 6.45) is 0. The van der Waals surface area contributed by atoms with E-state index in [1.807, 2.05) is 13.8 Å². The van der Waals surface area contributed by atoms with Gasteiger partial charge in [-0.05, 0) is 12.8 Å². The van der Waals surface area contributed by atoms with Crippen LogP contribution < -0.4 is 11.1 Å². The van der Waals surface area contributed by atoms with E-state index in [0.29, 0.717) is 12.5 Å². The number of hydrogen-bond acceptors (Lipinski definition) is 2. The molecule has 0 aliphatic rings. The number of hydrogen-bond donors (Lipinski definition) is 2. The van der Waals surface area contributed by atoms with E-state index in [1.165, 1.54) is 0 Å². The Bertz CT molecular complexity index is 110. The molecule has 3 nitrogen and oxygen atoms in total. The molecular formula is C7H16N2O. The topological polar surface area (TPSA) is 55.1 Å². The molecule has 3 N–H and O–H groups in total. The van der Waals surface area contributed by atoms with E-state index >= 15 is 0 Å². The number of rotatable bonds is 3. The Kier molecular flexibility index (Phi) is 4.03. The molecule has 0 spiro atoms. The molecule has 1 atom stereocenters. The minimum Gasteiger partial charge on any atom is -0.355 e. The van der Waals surface area contributed by atoms with Crippen molar-refractivity contribution in [1.29, 1.82) is 0 Å². The molecule has 0 heterocycles. The van der Waals surface area contributed by atoms with E-state index in [9.17, 15) is 4.79 Å². The van der Waals surface area contributed by atoms with Crippen molar-refractivity contribution in [2.45, 2.75) is 26.8 Å². The van der Waals surface area contributed by atoms with Crippen molar-refractivity contribution in [1.82, 2.24) is 5.32 Å². The van der Waals surface area contributed by atoms with Gasteiger partial charge in [0.1, 0.15) is 0 Å². The number of carbonyl (C=O) groups excluding carboxylic acids is 1. The molecule has 0 fully saturated rings. The number of carbonyl (C=O) groups is 1. The molecule has 0 bridgehead atoms. The smallest absolute Gasteiger partial charge is 0.236 e. The lowest BCUT2D eigenvalue weighted by molar-refractivity contribution is -0.122. The van der Waals surface area contributed by atoms with Gasteiger partial charge in [0.2, 0.25) is 5.91 Å². The maximum Gasteiger partial charge on any atom is 0.236 e. The Hall–Kier alpha value is -0.570. The van der Waals surface area contributed by atoms with Crippen molar-refractivity contribution >= 4 is 5.91 Å². The molecule has 0 saturated carbocycles. The van der Waals surface area contributed by atoms with Gasteiger partial charge in [-0.25, -0.2) is 0 Å². The van der Waals surface area contributed by atoms with Gasteiger partial charge in [-0.15, -0.1) is 0 Å². The fraction of sp³-hybridized carbons (Fsp3) is 0.857. The van der Waals surface area contributed by atoms with E-state index in [-0.39, 0.29) is 5.91 Å². The molecule has 0 aliphatic carbocycles. The van der Waals surface area contributed by atoms with Gasteiger partial charge in [0, 0.05) is 6.54 Å². The highest BCUT2D eigenvalue weighted by Crippen LogP contribution is 1.87. The minimum absolute atomic E-state index is 0.0753. The molecule has 0 aliphatic heterocycles. The van der Waals surface area contributed by atoms with Gasteiger partial charge >= 0.3 is 0 Å². The second kappa shape index (κ2) is 4.28. The average molecular weight is 144 g/mol. The SMILES string of the molecule is CC(C)CNC(=O)[C@@H](C)N. The average Bonchev–Trinajstić information content (AvgIpc) is 1.82. The van der Waals surface area contributed by atoms with Crippen LogP contribution in [0, 0.1) is 5.92 Å². The molecule has 0 aromatic rings.